The summed E-state index contributed by atoms with van der Waals surface area (Å²) in [6, 6.07) is 3.16. The molecule has 28 heavy (non-hydrogen) atoms. The summed E-state index contributed by atoms with van der Waals surface area (Å²) in [5.41, 5.74) is 6.77. The molecule has 1 saturated heterocycles. The van der Waals surface area contributed by atoms with Crippen LogP contribution in [0.3, 0.4) is 0 Å². The lowest BCUT2D eigenvalue weighted by Crippen LogP contribution is -2.44. The van der Waals surface area contributed by atoms with E-state index in [2.05, 4.69) is 30.1 Å². The van der Waals surface area contributed by atoms with Crippen LogP contribution in [0.2, 0.25) is 5.02 Å². The van der Waals surface area contributed by atoms with Crippen LogP contribution < -0.4 is 20.5 Å². The SMILES string of the molecule is COc1cc(C(=O)NC2CCN(CC=C(C)C)CC2)cc(Cl)c1OCC(N)=O. The van der Waals surface area contributed by atoms with E-state index in [0.717, 1.165) is 32.5 Å². The summed E-state index contributed by atoms with van der Waals surface area (Å²) in [6.45, 7) is 6.69. The highest BCUT2D eigenvalue weighted by atomic mass is 35.5. The second-order valence-electron chi connectivity index (χ2n) is 7.07. The minimum absolute atomic E-state index is 0.117. The van der Waals surface area contributed by atoms with Crippen LogP contribution in [0, 0.1) is 0 Å². The monoisotopic (exact) mass is 409 g/mol. The number of piperidine rings is 1. The van der Waals surface area contributed by atoms with E-state index in [-0.39, 0.29) is 35.1 Å². The second kappa shape index (κ2) is 10.3. The molecule has 0 aromatic heterocycles. The highest BCUT2D eigenvalue weighted by molar-refractivity contribution is 6.32. The first-order chi connectivity index (χ1) is 13.3. The highest BCUT2D eigenvalue weighted by Crippen LogP contribution is 2.36. The van der Waals surface area contributed by atoms with Crippen molar-refractivity contribution in [2.75, 3.05) is 33.4 Å². The maximum Gasteiger partial charge on any atom is 0.255 e. The number of nitrogens with zero attached hydrogens (tertiary/aromatic N) is 1. The average molecular weight is 410 g/mol. The van der Waals surface area contributed by atoms with Crippen molar-refractivity contribution in [3.05, 3.63) is 34.4 Å². The van der Waals surface area contributed by atoms with E-state index in [0.29, 0.717) is 5.56 Å². The van der Waals surface area contributed by atoms with Gasteiger partial charge in [0.15, 0.2) is 18.1 Å². The molecule has 1 aromatic carbocycles. The molecule has 1 heterocycles. The van der Waals surface area contributed by atoms with Crippen LogP contribution in [0.1, 0.15) is 37.0 Å². The number of carbonyl (C=O) groups is 2. The molecular formula is C20H28ClN3O4. The molecule has 0 unspecified atom stereocenters. The van der Waals surface area contributed by atoms with Crippen molar-refractivity contribution in [3.63, 3.8) is 0 Å². The highest BCUT2D eigenvalue weighted by Gasteiger charge is 2.22. The number of hydrogen-bond donors (Lipinski definition) is 2. The average Bonchev–Trinajstić information content (AvgIpc) is 2.65. The Morgan fingerprint density at radius 3 is 2.57 bits per heavy atom. The van der Waals surface area contributed by atoms with E-state index in [1.807, 2.05) is 0 Å². The number of carbonyl (C=O) groups excluding carboxylic acids is 2. The van der Waals surface area contributed by atoms with Crippen molar-refractivity contribution in [1.82, 2.24) is 10.2 Å². The minimum atomic E-state index is -0.629. The lowest BCUT2D eigenvalue weighted by Gasteiger charge is -2.31. The van der Waals surface area contributed by atoms with Gasteiger partial charge in [-0.05, 0) is 38.8 Å². The van der Waals surface area contributed by atoms with Gasteiger partial charge in [0.2, 0.25) is 0 Å². The van der Waals surface area contributed by atoms with Crippen LogP contribution in [0.15, 0.2) is 23.8 Å². The number of primary amides is 1. The summed E-state index contributed by atoms with van der Waals surface area (Å²) in [4.78, 5) is 25.9. The van der Waals surface area contributed by atoms with Gasteiger partial charge in [-0.3, -0.25) is 14.5 Å². The number of allylic oxidation sites excluding steroid dienone is 1. The Labute approximate surface area is 170 Å². The normalized spacial score (nSPS) is 15.0. The predicted octanol–water partition coefficient (Wildman–Crippen LogP) is 2.37. The molecule has 3 N–H and O–H groups in total. The van der Waals surface area contributed by atoms with Crippen molar-refractivity contribution in [2.45, 2.75) is 32.7 Å². The van der Waals surface area contributed by atoms with Crippen LogP contribution in [-0.4, -0.2) is 56.1 Å². The number of likely N-dealkylation sites (tertiary alicyclic amines) is 1. The Balaban J connectivity index is 1.98. The van der Waals surface area contributed by atoms with E-state index in [1.165, 1.54) is 18.7 Å². The topological polar surface area (TPSA) is 93.9 Å². The maximum absolute atomic E-state index is 12.6. The molecule has 0 spiro atoms. The number of nitrogens with one attached hydrogen (secondary N) is 1. The van der Waals surface area contributed by atoms with E-state index in [4.69, 9.17) is 26.8 Å². The summed E-state index contributed by atoms with van der Waals surface area (Å²) in [6.07, 6.45) is 4.01. The molecule has 2 amide bonds. The molecule has 1 aliphatic heterocycles. The van der Waals surface area contributed by atoms with Crippen molar-refractivity contribution in [2.24, 2.45) is 5.73 Å². The largest absolute Gasteiger partial charge is 0.493 e. The molecule has 7 nitrogen and oxygen atoms in total. The summed E-state index contributed by atoms with van der Waals surface area (Å²) in [5.74, 6) is -0.386. The van der Waals surface area contributed by atoms with Crippen molar-refractivity contribution in [3.8, 4) is 11.5 Å². The number of nitrogens with two attached hydrogens (primary N) is 1. The molecule has 0 bridgehead atoms. The quantitative estimate of drug-likeness (QED) is 0.643. The summed E-state index contributed by atoms with van der Waals surface area (Å²) in [7, 11) is 1.44. The van der Waals surface area contributed by atoms with Gasteiger partial charge in [0.1, 0.15) is 0 Å². The Kier molecular flexibility index (Phi) is 8.14. The smallest absolute Gasteiger partial charge is 0.255 e. The number of ether oxygens (including phenoxy) is 2. The van der Waals surface area contributed by atoms with Crippen molar-refractivity contribution < 1.29 is 19.1 Å². The summed E-state index contributed by atoms with van der Waals surface area (Å²) >= 11 is 6.21. The fraction of sp³-hybridized carbons (Fsp3) is 0.500. The lowest BCUT2D eigenvalue weighted by molar-refractivity contribution is -0.119. The van der Waals surface area contributed by atoms with Gasteiger partial charge in [0.25, 0.3) is 11.8 Å². The van der Waals surface area contributed by atoms with Crippen LogP contribution in [0.5, 0.6) is 11.5 Å². The van der Waals surface area contributed by atoms with E-state index in [9.17, 15) is 9.59 Å². The zero-order chi connectivity index (χ0) is 20.7. The third kappa shape index (κ3) is 6.42. The number of rotatable bonds is 8. The number of amides is 2. The zero-order valence-electron chi connectivity index (χ0n) is 16.6. The Morgan fingerprint density at radius 2 is 2.00 bits per heavy atom. The van der Waals surface area contributed by atoms with Gasteiger partial charge in [-0.2, -0.15) is 0 Å². The minimum Gasteiger partial charge on any atom is -0.493 e. The van der Waals surface area contributed by atoms with Gasteiger partial charge >= 0.3 is 0 Å². The molecule has 154 valence electrons. The standard InChI is InChI=1S/C20H28ClN3O4/c1-13(2)4-7-24-8-5-15(6-9-24)23-20(26)14-10-16(21)19(17(11-14)27-3)28-12-18(22)25/h4,10-11,15H,5-9,12H2,1-3H3,(H2,22,25)(H,23,26). The number of halogens is 1. The molecule has 0 saturated carbocycles. The molecular weight excluding hydrogens is 382 g/mol. The Hall–Kier alpha value is -2.25. The van der Waals surface area contributed by atoms with E-state index >= 15 is 0 Å². The first-order valence-corrected chi connectivity index (χ1v) is 9.63. The fourth-order valence-electron chi connectivity index (χ4n) is 2.97. The van der Waals surface area contributed by atoms with E-state index < -0.39 is 5.91 Å². The first-order valence-electron chi connectivity index (χ1n) is 9.25. The van der Waals surface area contributed by atoms with Gasteiger partial charge in [0.05, 0.1) is 12.1 Å². The van der Waals surface area contributed by atoms with Gasteiger partial charge in [-0.1, -0.05) is 23.3 Å². The molecule has 1 aliphatic rings. The summed E-state index contributed by atoms with van der Waals surface area (Å²) in [5, 5.41) is 3.24. The first kappa shape index (κ1) is 22.0. The van der Waals surface area contributed by atoms with Gasteiger partial charge in [-0.25, -0.2) is 0 Å². The van der Waals surface area contributed by atoms with Crippen LogP contribution in [-0.2, 0) is 4.79 Å². The lowest BCUT2D eigenvalue weighted by atomic mass is 10.0. The van der Waals surface area contributed by atoms with Crippen LogP contribution in [0.25, 0.3) is 0 Å². The molecule has 0 aliphatic carbocycles. The number of methoxy groups -OCH3 is 1. The zero-order valence-corrected chi connectivity index (χ0v) is 17.3. The predicted molar refractivity (Wildman–Crippen MR) is 109 cm³/mol. The molecule has 8 heteroatoms. The molecule has 0 radical (unpaired) electrons. The van der Waals surface area contributed by atoms with Crippen molar-refractivity contribution >= 4 is 23.4 Å². The fourth-order valence-corrected chi connectivity index (χ4v) is 3.24. The Morgan fingerprint density at radius 1 is 1.32 bits per heavy atom. The second-order valence-corrected chi connectivity index (χ2v) is 7.48. The molecule has 2 rings (SSSR count). The molecule has 1 fully saturated rings. The van der Waals surface area contributed by atoms with E-state index in [1.54, 1.807) is 6.07 Å². The van der Waals surface area contributed by atoms with Crippen LogP contribution in [0.4, 0.5) is 0 Å². The molecule has 1 aromatic rings. The summed E-state index contributed by atoms with van der Waals surface area (Å²) < 4.78 is 10.5. The molecule has 0 atom stereocenters. The van der Waals surface area contributed by atoms with Gasteiger partial charge < -0.3 is 20.5 Å². The van der Waals surface area contributed by atoms with Crippen LogP contribution >= 0.6 is 11.6 Å². The van der Waals surface area contributed by atoms with Gasteiger partial charge in [0, 0.05) is 31.2 Å². The third-order valence-corrected chi connectivity index (χ3v) is 4.81. The third-order valence-electron chi connectivity index (χ3n) is 4.53. The maximum atomic E-state index is 12.6. The van der Waals surface area contributed by atoms with Crippen molar-refractivity contribution in [1.29, 1.82) is 0 Å². The van der Waals surface area contributed by atoms with Gasteiger partial charge in [-0.15, -0.1) is 0 Å². The number of hydrogen-bond acceptors (Lipinski definition) is 5. The Bertz CT molecular complexity index is 739. The number of benzene rings is 1.